The highest BCUT2D eigenvalue weighted by atomic mass is 79.9. The summed E-state index contributed by atoms with van der Waals surface area (Å²) in [5.41, 5.74) is 6.24. The zero-order valence-corrected chi connectivity index (χ0v) is 10.9. The highest BCUT2D eigenvalue weighted by Gasteiger charge is 2.42. The first-order valence-corrected chi connectivity index (χ1v) is 7.19. The molecule has 0 bridgehead atoms. The summed E-state index contributed by atoms with van der Waals surface area (Å²) in [6.45, 7) is 1.18. The molecule has 1 saturated carbocycles. The number of halogens is 1. The summed E-state index contributed by atoms with van der Waals surface area (Å²) >= 11 is 5.46. The Bertz CT molecular complexity index is 361. The molecule has 15 heavy (non-hydrogen) atoms. The molecule has 2 atom stereocenters. The van der Waals surface area contributed by atoms with Crippen LogP contribution in [-0.2, 0) is 0 Å². The number of thiophene rings is 1. The molecule has 2 aliphatic rings. The second-order valence-corrected chi connectivity index (χ2v) is 6.30. The van der Waals surface area contributed by atoms with E-state index in [-0.39, 0.29) is 0 Å². The molecule has 1 saturated heterocycles. The van der Waals surface area contributed by atoms with Crippen molar-refractivity contribution in [3.63, 3.8) is 0 Å². The highest BCUT2D eigenvalue weighted by Crippen LogP contribution is 2.44. The molecule has 4 heteroatoms. The molecule has 3 rings (SSSR count). The number of likely N-dealkylation sites (tertiary alicyclic amines) is 1. The van der Waals surface area contributed by atoms with E-state index >= 15 is 0 Å². The molecule has 2 unspecified atom stereocenters. The van der Waals surface area contributed by atoms with Gasteiger partial charge in [0.05, 0.1) is 6.04 Å². The van der Waals surface area contributed by atoms with Crippen LogP contribution in [0.15, 0.2) is 15.9 Å². The maximum Gasteiger partial charge on any atom is 0.0607 e. The molecule has 82 valence electrons. The van der Waals surface area contributed by atoms with Crippen LogP contribution in [-0.4, -0.2) is 23.5 Å². The largest absolute Gasteiger partial charge is 0.326 e. The van der Waals surface area contributed by atoms with E-state index in [4.69, 9.17) is 5.73 Å². The van der Waals surface area contributed by atoms with Gasteiger partial charge in [-0.3, -0.25) is 4.90 Å². The Morgan fingerprint density at radius 1 is 1.40 bits per heavy atom. The average Bonchev–Trinajstić information content (AvgIpc) is 2.88. The molecule has 0 amide bonds. The monoisotopic (exact) mass is 286 g/mol. The Hall–Kier alpha value is 0.100. The summed E-state index contributed by atoms with van der Waals surface area (Å²) in [4.78, 5) is 4.04. The molecule has 2 fully saturated rings. The fourth-order valence-electron chi connectivity index (χ4n) is 2.52. The molecule has 2 heterocycles. The lowest BCUT2D eigenvalue weighted by Gasteiger charge is -2.26. The lowest BCUT2D eigenvalue weighted by atomic mass is 10.1. The van der Waals surface area contributed by atoms with Gasteiger partial charge in [-0.25, -0.2) is 0 Å². The third kappa shape index (κ3) is 1.78. The van der Waals surface area contributed by atoms with Gasteiger partial charge in [0.2, 0.25) is 0 Å². The van der Waals surface area contributed by atoms with Crippen molar-refractivity contribution >= 4 is 27.3 Å². The quantitative estimate of drug-likeness (QED) is 0.906. The van der Waals surface area contributed by atoms with Crippen LogP contribution in [0, 0.1) is 0 Å². The summed E-state index contributed by atoms with van der Waals surface area (Å²) < 4.78 is 1.24. The first-order valence-electron chi connectivity index (χ1n) is 5.51. The van der Waals surface area contributed by atoms with Crippen LogP contribution in [0.3, 0.4) is 0 Å². The van der Waals surface area contributed by atoms with Crippen LogP contribution < -0.4 is 5.73 Å². The minimum Gasteiger partial charge on any atom is -0.326 e. The van der Waals surface area contributed by atoms with Gasteiger partial charge in [0.25, 0.3) is 0 Å². The van der Waals surface area contributed by atoms with Gasteiger partial charge < -0.3 is 5.73 Å². The number of hydrogen-bond acceptors (Lipinski definition) is 3. The third-order valence-corrected chi connectivity index (χ3v) is 5.35. The first kappa shape index (κ1) is 10.3. The zero-order valence-electron chi connectivity index (χ0n) is 8.53. The summed E-state index contributed by atoms with van der Waals surface area (Å²) in [6, 6.07) is 3.74. The van der Waals surface area contributed by atoms with Crippen LogP contribution in [0.2, 0.25) is 0 Å². The van der Waals surface area contributed by atoms with Gasteiger partial charge in [0, 0.05) is 28.0 Å². The van der Waals surface area contributed by atoms with Crippen LogP contribution in [0.4, 0.5) is 0 Å². The number of rotatable bonds is 2. The lowest BCUT2D eigenvalue weighted by Crippen LogP contribution is -2.32. The second-order valence-electron chi connectivity index (χ2n) is 4.50. The van der Waals surface area contributed by atoms with Crippen LogP contribution in [0.1, 0.15) is 30.2 Å². The van der Waals surface area contributed by atoms with Crippen molar-refractivity contribution in [1.82, 2.24) is 4.90 Å². The van der Waals surface area contributed by atoms with Crippen molar-refractivity contribution in [2.45, 2.75) is 37.4 Å². The van der Waals surface area contributed by atoms with Crippen LogP contribution >= 0.6 is 27.3 Å². The van der Waals surface area contributed by atoms with Crippen molar-refractivity contribution in [3.8, 4) is 0 Å². The smallest absolute Gasteiger partial charge is 0.0607 e. The maximum atomic E-state index is 6.24. The average molecular weight is 287 g/mol. The Morgan fingerprint density at radius 3 is 2.80 bits per heavy atom. The first-order chi connectivity index (χ1) is 7.27. The summed E-state index contributed by atoms with van der Waals surface area (Å²) in [7, 11) is 0. The van der Waals surface area contributed by atoms with Crippen LogP contribution in [0.25, 0.3) is 0 Å². The topological polar surface area (TPSA) is 29.3 Å². The van der Waals surface area contributed by atoms with Crippen LogP contribution in [0.5, 0.6) is 0 Å². The fourth-order valence-corrected chi connectivity index (χ4v) is 4.32. The predicted octanol–water partition coefficient (Wildman–Crippen LogP) is 2.75. The Morgan fingerprint density at radius 2 is 2.20 bits per heavy atom. The SMILES string of the molecule is NC1CCN(C2CC2)C1c1sccc1Br. The van der Waals surface area contributed by atoms with E-state index in [0.29, 0.717) is 12.1 Å². The molecule has 2 N–H and O–H groups in total. The molecular formula is C11H15BrN2S. The molecule has 0 radical (unpaired) electrons. The van der Waals surface area contributed by atoms with E-state index in [2.05, 4.69) is 32.3 Å². The number of hydrogen-bond donors (Lipinski definition) is 1. The van der Waals surface area contributed by atoms with E-state index in [1.807, 2.05) is 11.3 Å². The van der Waals surface area contributed by atoms with Gasteiger partial charge in [-0.05, 0) is 46.6 Å². The molecule has 1 aromatic heterocycles. The van der Waals surface area contributed by atoms with Gasteiger partial charge in [-0.2, -0.15) is 0 Å². The normalized spacial score (nSPS) is 32.4. The molecule has 2 nitrogen and oxygen atoms in total. The summed E-state index contributed by atoms with van der Waals surface area (Å²) in [5, 5.41) is 2.15. The van der Waals surface area contributed by atoms with Crippen molar-refractivity contribution in [3.05, 3.63) is 20.8 Å². The van der Waals surface area contributed by atoms with Gasteiger partial charge in [0.15, 0.2) is 0 Å². The van der Waals surface area contributed by atoms with Gasteiger partial charge in [-0.1, -0.05) is 0 Å². The molecule has 1 aliphatic carbocycles. The molecule has 0 aromatic carbocycles. The van der Waals surface area contributed by atoms with Gasteiger partial charge in [-0.15, -0.1) is 11.3 Å². The van der Waals surface area contributed by atoms with E-state index in [0.717, 1.165) is 12.5 Å². The minimum atomic E-state index is 0.320. The Balaban J connectivity index is 1.91. The number of nitrogens with two attached hydrogens (primary N) is 1. The van der Waals surface area contributed by atoms with Crippen molar-refractivity contribution in [1.29, 1.82) is 0 Å². The molecule has 1 aromatic rings. The zero-order chi connectivity index (χ0) is 10.4. The summed E-state index contributed by atoms with van der Waals surface area (Å²) in [5.74, 6) is 0. The number of nitrogens with zero attached hydrogens (tertiary/aromatic N) is 1. The minimum absolute atomic E-state index is 0.320. The van der Waals surface area contributed by atoms with Gasteiger partial charge >= 0.3 is 0 Å². The molecule has 0 spiro atoms. The van der Waals surface area contributed by atoms with Crippen molar-refractivity contribution in [2.75, 3.05) is 6.54 Å². The predicted molar refractivity (Wildman–Crippen MR) is 67.1 cm³/mol. The van der Waals surface area contributed by atoms with E-state index in [1.165, 1.54) is 28.7 Å². The van der Waals surface area contributed by atoms with Crippen molar-refractivity contribution < 1.29 is 0 Å². The van der Waals surface area contributed by atoms with E-state index < -0.39 is 0 Å². The Labute approximate surface area is 103 Å². The standard InChI is InChI=1S/C11H15BrN2S/c12-8-4-6-15-11(8)10-9(13)3-5-14(10)7-1-2-7/h4,6-7,9-10H,1-3,5,13H2. The molecular weight excluding hydrogens is 272 g/mol. The summed E-state index contributed by atoms with van der Waals surface area (Å²) in [6.07, 6.45) is 3.88. The fraction of sp³-hybridized carbons (Fsp3) is 0.636. The Kier molecular flexibility index (Phi) is 2.63. The van der Waals surface area contributed by atoms with E-state index in [9.17, 15) is 0 Å². The maximum absolute atomic E-state index is 6.24. The third-order valence-electron chi connectivity index (χ3n) is 3.41. The highest BCUT2D eigenvalue weighted by molar-refractivity contribution is 9.10. The second kappa shape index (κ2) is 3.84. The van der Waals surface area contributed by atoms with E-state index in [1.54, 1.807) is 0 Å². The lowest BCUT2D eigenvalue weighted by molar-refractivity contribution is 0.240. The van der Waals surface area contributed by atoms with Gasteiger partial charge in [0.1, 0.15) is 0 Å². The molecule has 1 aliphatic heterocycles. The van der Waals surface area contributed by atoms with Crippen molar-refractivity contribution in [2.24, 2.45) is 5.73 Å².